The molecule has 1 aliphatic rings. The predicted octanol–water partition coefficient (Wildman–Crippen LogP) is 3.34. The minimum Gasteiger partial charge on any atom is -0.337 e. The monoisotopic (exact) mass is 411 g/mol. The Morgan fingerprint density at radius 3 is 2.57 bits per heavy atom. The molecule has 2 heterocycles. The molecule has 1 N–H and O–H groups in total. The molecule has 1 aromatic heterocycles. The van der Waals surface area contributed by atoms with E-state index in [1.54, 1.807) is 23.3 Å². The zero-order chi connectivity index (χ0) is 20.3. The van der Waals surface area contributed by atoms with Gasteiger partial charge >= 0.3 is 0 Å². The summed E-state index contributed by atoms with van der Waals surface area (Å²) in [5, 5.41) is 5.96. The lowest BCUT2D eigenvalue weighted by molar-refractivity contribution is -0.120. The largest absolute Gasteiger partial charge is 0.337 e. The Bertz CT molecular complexity index is 860. The summed E-state index contributed by atoms with van der Waals surface area (Å²) in [5.41, 5.74) is 0.248. The van der Waals surface area contributed by atoms with Gasteiger partial charge in [-0.25, -0.2) is 13.2 Å². The minimum absolute atomic E-state index is 0.0379. The summed E-state index contributed by atoms with van der Waals surface area (Å²) in [6.07, 6.45) is 0.688. The molecule has 150 valence electrons. The molecule has 0 aliphatic carbocycles. The molecular weight excluding hydrogens is 391 g/mol. The number of carbonyl (C=O) groups is 2. The quantitative estimate of drug-likeness (QED) is 0.786. The van der Waals surface area contributed by atoms with Crippen LogP contribution in [-0.2, 0) is 4.79 Å². The fourth-order valence-corrected chi connectivity index (χ4v) is 3.75. The highest BCUT2D eigenvalue weighted by atomic mass is 32.1. The normalized spacial score (nSPS) is 16.5. The molecule has 1 unspecified atom stereocenters. The van der Waals surface area contributed by atoms with Crippen molar-refractivity contribution in [2.45, 2.75) is 19.4 Å². The van der Waals surface area contributed by atoms with Crippen molar-refractivity contribution in [1.82, 2.24) is 9.80 Å². The zero-order valence-electron chi connectivity index (χ0n) is 15.3. The van der Waals surface area contributed by atoms with Crippen LogP contribution < -0.4 is 5.32 Å². The van der Waals surface area contributed by atoms with Crippen LogP contribution in [-0.4, -0.2) is 53.8 Å². The van der Waals surface area contributed by atoms with E-state index in [0.29, 0.717) is 38.2 Å². The predicted molar refractivity (Wildman–Crippen MR) is 101 cm³/mol. The third-order valence-corrected chi connectivity index (χ3v) is 5.49. The third-order valence-electron chi connectivity index (χ3n) is 4.81. The first-order chi connectivity index (χ1) is 13.4. The van der Waals surface area contributed by atoms with Crippen LogP contribution in [0.5, 0.6) is 0 Å². The van der Waals surface area contributed by atoms with Crippen molar-refractivity contribution in [2.24, 2.45) is 0 Å². The van der Waals surface area contributed by atoms with Crippen LogP contribution in [0.4, 0.5) is 18.9 Å². The Morgan fingerprint density at radius 1 is 1.07 bits per heavy atom. The van der Waals surface area contributed by atoms with Crippen molar-refractivity contribution in [2.75, 3.05) is 31.5 Å². The summed E-state index contributed by atoms with van der Waals surface area (Å²) in [6.45, 7) is 3.76. The summed E-state index contributed by atoms with van der Waals surface area (Å²) in [7, 11) is 0. The number of anilines is 1. The molecule has 1 aromatic carbocycles. The second-order valence-corrected chi connectivity index (χ2v) is 7.36. The van der Waals surface area contributed by atoms with Crippen molar-refractivity contribution in [1.29, 1.82) is 0 Å². The zero-order valence-corrected chi connectivity index (χ0v) is 16.1. The van der Waals surface area contributed by atoms with Gasteiger partial charge < -0.3 is 10.2 Å². The van der Waals surface area contributed by atoms with Gasteiger partial charge in [0.15, 0.2) is 17.5 Å². The molecule has 1 atom stereocenters. The lowest BCUT2D eigenvalue weighted by atomic mass is 10.2. The molecule has 1 fully saturated rings. The first kappa shape index (κ1) is 20.3. The molecule has 9 heteroatoms. The van der Waals surface area contributed by atoms with Gasteiger partial charge in [-0.05, 0) is 36.9 Å². The van der Waals surface area contributed by atoms with Crippen LogP contribution >= 0.6 is 11.3 Å². The van der Waals surface area contributed by atoms with E-state index in [-0.39, 0.29) is 5.91 Å². The Balaban J connectivity index is 1.61. The number of rotatable bonds is 4. The lowest BCUT2D eigenvalue weighted by Gasteiger charge is -2.27. The summed E-state index contributed by atoms with van der Waals surface area (Å²) in [4.78, 5) is 28.6. The summed E-state index contributed by atoms with van der Waals surface area (Å²) in [5.74, 6) is -4.93. The van der Waals surface area contributed by atoms with Crippen LogP contribution in [0.25, 0.3) is 0 Å². The van der Waals surface area contributed by atoms with Crippen molar-refractivity contribution in [3.63, 3.8) is 0 Å². The van der Waals surface area contributed by atoms with Crippen LogP contribution in [0.15, 0.2) is 29.0 Å². The van der Waals surface area contributed by atoms with E-state index in [1.807, 2.05) is 10.3 Å². The smallest absolute Gasteiger partial charge is 0.254 e. The van der Waals surface area contributed by atoms with Crippen LogP contribution in [0.1, 0.15) is 23.7 Å². The average molecular weight is 411 g/mol. The molecule has 3 rings (SSSR count). The van der Waals surface area contributed by atoms with Gasteiger partial charge in [-0.2, -0.15) is 11.3 Å². The molecule has 0 saturated carbocycles. The Hall–Kier alpha value is -2.39. The maximum absolute atomic E-state index is 13.8. The van der Waals surface area contributed by atoms with E-state index in [0.717, 1.165) is 12.1 Å². The minimum atomic E-state index is -1.62. The highest BCUT2D eigenvalue weighted by Crippen LogP contribution is 2.20. The highest BCUT2D eigenvalue weighted by Gasteiger charge is 2.27. The summed E-state index contributed by atoms with van der Waals surface area (Å²) < 4.78 is 40.1. The number of nitrogens with zero attached hydrogens (tertiary/aromatic N) is 2. The van der Waals surface area contributed by atoms with Gasteiger partial charge in [-0.3, -0.25) is 14.5 Å². The van der Waals surface area contributed by atoms with E-state index < -0.39 is 35.1 Å². The topological polar surface area (TPSA) is 52.7 Å². The molecule has 2 amide bonds. The molecule has 2 aromatic rings. The molecule has 1 saturated heterocycles. The van der Waals surface area contributed by atoms with Crippen LogP contribution in [0.2, 0.25) is 0 Å². The molecular formula is C19H20F3N3O2S. The molecule has 28 heavy (non-hydrogen) atoms. The Morgan fingerprint density at radius 2 is 1.86 bits per heavy atom. The summed E-state index contributed by atoms with van der Waals surface area (Å²) >= 11 is 1.46. The molecule has 0 spiro atoms. The number of carbonyl (C=O) groups excluding carboxylic acids is 2. The van der Waals surface area contributed by atoms with Crippen molar-refractivity contribution >= 4 is 28.8 Å². The van der Waals surface area contributed by atoms with Crippen LogP contribution in [0.3, 0.4) is 0 Å². The Labute approximate surface area is 164 Å². The summed E-state index contributed by atoms with van der Waals surface area (Å²) in [6, 6.07) is 2.91. The van der Waals surface area contributed by atoms with Gasteiger partial charge in [-0.15, -0.1) is 0 Å². The molecule has 5 nitrogen and oxygen atoms in total. The maximum Gasteiger partial charge on any atom is 0.254 e. The number of hydrogen-bond donors (Lipinski definition) is 1. The standard InChI is InChI=1S/C19H20F3N3O2S/c1-12(18(26)23-15-4-3-14(20)16(21)17(15)22)24-6-2-7-25(9-8-24)19(27)13-5-10-28-11-13/h3-5,10-12H,2,6-9H2,1H3,(H,23,26). The van der Waals surface area contributed by atoms with Gasteiger partial charge in [0.25, 0.3) is 5.91 Å². The van der Waals surface area contributed by atoms with E-state index >= 15 is 0 Å². The number of thiophene rings is 1. The van der Waals surface area contributed by atoms with E-state index in [1.165, 1.54) is 11.3 Å². The SMILES string of the molecule is CC(C(=O)Nc1ccc(F)c(F)c1F)N1CCCN(C(=O)c2ccsc2)CC1. The van der Waals surface area contributed by atoms with E-state index in [4.69, 9.17) is 0 Å². The van der Waals surface area contributed by atoms with Gasteiger partial charge in [0.1, 0.15) is 0 Å². The van der Waals surface area contributed by atoms with Crippen molar-refractivity contribution in [3.8, 4) is 0 Å². The van der Waals surface area contributed by atoms with Crippen molar-refractivity contribution < 1.29 is 22.8 Å². The van der Waals surface area contributed by atoms with E-state index in [2.05, 4.69) is 5.32 Å². The fourth-order valence-electron chi connectivity index (χ4n) is 3.12. The first-order valence-electron chi connectivity index (χ1n) is 8.88. The first-order valence-corrected chi connectivity index (χ1v) is 9.82. The van der Waals surface area contributed by atoms with Crippen LogP contribution in [0, 0.1) is 17.5 Å². The second-order valence-electron chi connectivity index (χ2n) is 6.58. The van der Waals surface area contributed by atoms with Crippen molar-refractivity contribution in [3.05, 3.63) is 52.0 Å². The third kappa shape index (κ3) is 4.36. The Kier molecular flexibility index (Phi) is 6.35. The number of halogens is 3. The molecule has 0 bridgehead atoms. The number of amides is 2. The van der Waals surface area contributed by atoms with E-state index in [9.17, 15) is 22.8 Å². The fraction of sp³-hybridized carbons (Fsp3) is 0.368. The van der Waals surface area contributed by atoms with Gasteiger partial charge in [0.05, 0.1) is 17.3 Å². The molecule has 1 aliphatic heterocycles. The number of nitrogens with one attached hydrogen (secondary N) is 1. The number of benzene rings is 1. The average Bonchev–Trinajstić information content (AvgIpc) is 3.12. The second kappa shape index (κ2) is 8.74. The highest BCUT2D eigenvalue weighted by molar-refractivity contribution is 7.08. The van der Waals surface area contributed by atoms with Gasteiger partial charge in [0, 0.05) is 31.6 Å². The van der Waals surface area contributed by atoms with Gasteiger partial charge in [-0.1, -0.05) is 0 Å². The van der Waals surface area contributed by atoms with Gasteiger partial charge in [0.2, 0.25) is 5.91 Å². The number of hydrogen-bond acceptors (Lipinski definition) is 4. The maximum atomic E-state index is 13.8. The lowest BCUT2D eigenvalue weighted by Crippen LogP contribution is -2.44. The molecule has 0 radical (unpaired) electrons.